The first-order chi connectivity index (χ1) is 8.40. The third-order valence-electron chi connectivity index (χ3n) is 2.62. The maximum atomic E-state index is 5.27. The van der Waals surface area contributed by atoms with Crippen LogP contribution in [0.25, 0.3) is 10.9 Å². The highest BCUT2D eigenvalue weighted by atomic mass is 16.5. The molecule has 0 aliphatic heterocycles. The summed E-state index contributed by atoms with van der Waals surface area (Å²) < 4.78 is 5.27. The van der Waals surface area contributed by atoms with Crippen LogP contribution >= 0.6 is 0 Å². The molecule has 90 valence electrons. The molecule has 3 nitrogen and oxygen atoms in total. The van der Waals surface area contributed by atoms with Gasteiger partial charge in [0, 0.05) is 31.3 Å². The molecule has 0 amide bonds. The predicted octanol–water partition coefficient (Wildman–Crippen LogP) is 2.36. The van der Waals surface area contributed by atoms with Crippen molar-refractivity contribution in [2.45, 2.75) is 13.5 Å². The van der Waals surface area contributed by atoms with Crippen LogP contribution in [0.4, 0.5) is 0 Å². The third-order valence-corrected chi connectivity index (χ3v) is 2.62. The molecule has 0 saturated carbocycles. The van der Waals surface area contributed by atoms with Crippen LogP contribution in [0.1, 0.15) is 12.5 Å². The van der Waals surface area contributed by atoms with E-state index in [2.05, 4.69) is 34.6 Å². The topological polar surface area (TPSA) is 34.1 Å². The Balaban J connectivity index is 1.90. The van der Waals surface area contributed by atoms with Gasteiger partial charge in [0.05, 0.1) is 12.1 Å². The molecule has 2 rings (SSSR count). The van der Waals surface area contributed by atoms with Crippen molar-refractivity contribution in [3.05, 3.63) is 42.1 Å². The molecule has 1 heterocycles. The fourth-order valence-corrected chi connectivity index (χ4v) is 1.76. The summed E-state index contributed by atoms with van der Waals surface area (Å²) in [4.78, 5) is 4.30. The van der Waals surface area contributed by atoms with Crippen molar-refractivity contribution in [1.29, 1.82) is 0 Å². The molecule has 0 radical (unpaired) electrons. The summed E-state index contributed by atoms with van der Waals surface area (Å²) >= 11 is 0. The van der Waals surface area contributed by atoms with Crippen LogP contribution < -0.4 is 5.32 Å². The summed E-state index contributed by atoms with van der Waals surface area (Å²) in [5, 5.41) is 4.55. The van der Waals surface area contributed by atoms with E-state index in [0.717, 1.165) is 31.8 Å². The number of nitrogens with one attached hydrogen (secondary N) is 1. The van der Waals surface area contributed by atoms with Crippen molar-refractivity contribution >= 4 is 10.9 Å². The van der Waals surface area contributed by atoms with E-state index < -0.39 is 0 Å². The van der Waals surface area contributed by atoms with E-state index in [4.69, 9.17) is 4.74 Å². The van der Waals surface area contributed by atoms with Crippen molar-refractivity contribution < 1.29 is 4.74 Å². The van der Waals surface area contributed by atoms with Gasteiger partial charge in [0.1, 0.15) is 0 Å². The summed E-state index contributed by atoms with van der Waals surface area (Å²) in [6.07, 6.45) is 1.82. The van der Waals surface area contributed by atoms with Crippen LogP contribution in [0.5, 0.6) is 0 Å². The Labute approximate surface area is 102 Å². The van der Waals surface area contributed by atoms with E-state index in [1.165, 1.54) is 10.9 Å². The predicted molar refractivity (Wildman–Crippen MR) is 69.9 cm³/mol. The highest BCUT2D eigenvalue weighted by Crippen LogP contribution is 2.12. The van der Waals surface area contributed by atoms with Crippen LogP contribution in [-0.4, -0.2) is 24.7 Å². The molecule has 1 N–H and O–H groups in total. The van der Waals surface area contributed by atoms with E-state index in [-0.39, 0.29) is 0 Å². The van der Waals surface area contributed by atoms with Gasteiger partial charge in [-0.25, -0.2) is 0 Å². The van der Waals surface area contributed by atoms with Crippen molar-refractivity contribution in [2.24, 2.45) is 0 Å². The third kappa shape index (κ3) is 3.51. The molecule has 2 aromatic rings. The Morgan fingerprint density at radius 2 is 2.24 bits per heavy atom. The van der Waals surface area contributed by atoms with Gasteiger partial charge in [-0.2, -0.15) is 0 Å². The Kier molecular flexibility index (Phi) is 4.47. The smallest absolute Gasteiger partial charge is 0.0702 e. The van der Waals surface area contributed by atoms with Gasteiger partial charge in [0.2, 0.25) is 0 Å². The molecule has 1 aromatic carbocycles. The van der Waals surface area contributed by atoms with Crippen molar-refractivity contribution in [3.8, 4) is 0 Å². The second-order valence-electron chi connectivity index (χ2n) is 3.90. The second-order valence-corrected chi connectivity index (χ2v) is 3.90. The molecule has 0 unspecified atom stereocenters. The van der Waals surface area contributed by atoms with Gasteiger partial charge in [0.15, 0.2) is 0 Å². The van der Waals surface area contributed by atoms with Crippen molar-refractivity contribution in [2.75, 3.05) is 19.8 Å². The fourth-order valence-electron chi connectivity index (χ4n) is 1.76. The zero-order valence-electron chi connectivity index (χ0n) is 10.1. The first kappa shape index (κ1) is 12.0. The van der Waals surface area contributed by atoms with Crippen molar-refractivity contribution in [1.82, 2.24) is 10.3 Å². The van der Waals surface area contributed by atoms with Crippen LogP contribution in [0.2, 0.25) is 0 Å². The lowest BCUT2D eigenvalue weighted by atomic mass is 10.1. The summed E-state index contributed by atoms with van der Waals surface area (Å²) in [6, 6.07) is 10.4. The highest BCUT2D eigenvalue weighted by Gasteiger charge is 1.96. The van der Waals surface area contributed by atoms with Gasteiger partial charge in [-0.3, -0.25) is 4.98 Å². The molecule has 17 heavy (non-hydrogen) atoms. The quantitative estimate of drug-likeness (QED) is 0.774. The Bertz CT molecular complexity index is 470. The number of nitrogens with zero attached hydrogens (tertiary/aromatic N) is 1. The lowest BCUT2D eigenvalue weighted by molar-refractivity contribution is 0.149. The minimum atomic E-state index is 0.769. The number of rotatable bonds is 6. The molecule has 0 saturated heterocycles. The SMILES string of the molecule is CCOCCNCc1ccc2ncccc2c1. The molecule has 1 aromatic heterocycles. The zero-order chi connectivity index (χ0) is 11.9. The van der Waals surface area contributed by atoms with Crippen LogP contribution in [-0.2, 0) is 11.3 Å². The number of benzene rings is 1. The lowest BCUT2D eigenvalue weighted by Crippen LogP contribution is -2.19. The Morgan fingerprint density at radius 1 is 1.29 bits per heavy atom. The van der Waals surface area contributed by atoms with Crippen LogP contribution in [0.15, 0.2) is 36.5 Å². The second kappa shape index (κ2) is 6.33. The fraction of sp³-hybridized carbons (Fsp3) is 0.357. The van der Waals surface area contributed by atoms with Crippen LogP contribution in [0.3, 0.4) is 0 Å². The summed E-state index contributed by atoms with van der Waals surface area (Å²) in [7, 11) is 0. The number of pyridine rings is 1. The molecule has 0 atom stereocenters. The molecule has 0 aliphatic rings. The molecule has 0 bridgehead atoms. The number of hydrogen-bond acceptors (Lipinski definition) is 3. The van der Waals surface area contributed by atoms with Gasteiger partial charge < -0.3 is 10.1 Å². The molecular weight excluding hydrogens is 212 g/mol. The Morgan fingerprint density at radius 3 is 3.12 bits per heavy atom. The summed E-state index contributed by atoms with van der Waals surface area (Å²) in [5.74, 6) is 0. The van der Waals surface area contributed by atoms with E-state index in [1.54, 1.807) is 0 Å². The lowest BCUT2D eigenvalue weighted by Gasteiger charge is -2.06. The highest BCUT2D eigenvalue weighted by molar-refractivity contribution is 5.78. The molecule has 3 heteroatoms. The maximum Gasteiger partial charge on any atom is 0.0702 e. The van der Waals surface area contributed by atoms with Gasteiger partial charge in [-0.15, -0.1) is 0 Å². The minimum Gasteiger partial charge on any atom is -0.380 e. The number of ether oxygens (including phenoxy) is 1. The maximum absolute atomic E-state index is 5.27. The average molecular weight is 230 g/mol. The van der Waals surface area contributed by atoms with Gasteiger partial charge in [0.25, 0.3) is 0 Å². The van der Waals surface area contributed by atoms with Gasteiger partial charge in [-0.1, -0.05) is 12.1 Å². The molecular formula is C14H18N2O. The number of aromatic nitrogens is 1. The van der Waals surface area contributed by atoms with E-state index in [0.29, 0.717) is 0 Å². The largest absolute Gasteiger partial charge is 0.380 e. The zero-order valence-corrected chi connectivity index (χ0v) is 10.1. The average Bonchev–Trinajstić information content (AvgIpc) is 2.38. The standard InChI is InChI=1S/C14H18N2O/c1-2-17-9-8-15-11-12-5-6-14-13(10-12)4-3-7-16-14/h3-7,10,15H,2,8-9,11H2,1H3. The van der Waals surface area contributed by atoms with Crippen LogP contribution in [0, 0.1) is 0 Å². The molecule has 0 spiro atoms. The van der Waals surface area contributed by atoms with E-state index in [1.807, 2.05) is 19.2 Å². The normalized spacial score (nSPS) is 10.9. The van der Waals surface area contributed by atoms with Gasteiger partial charge >= 0.3 is 0 Å². The van der Waals surface area contributed by atoms with Gasteiger partial charge in [-0.05, 0) is 30.7 Å². The van der Waals surface area contributed by atoms with E-state index >= 15 is 0 Å². The Hall–Kier alpha value is -1.45. The molecule has 0 aliphatic carbocycles. The molecule has 0 fully saturated rings. The van der Waals surface area contributed by atoms with Crippen molar-refractivity contribution in [3.63, 3.8) is 0 Å². The van der Waals surface area contributed by atoms with E-state index in [9.17, 15) is 0 Å². The summed E-state index contributed by atoms with van der Waals surface area (Å²) in [5.41, 5.74) is 2.33. The number of hydrogen-bond donors (Lipinski definition) is 1. The first-order valence-electron chi connectivity index (χ1n) is 6.02. The minimum absolute atomic E-state index is 0.769. The first-order valence-corrected chi connectivity index (χ1v) is 6.02. The number of fused-ring (bicyclic) bond motifs is 1. The monoisotopic (exact) mass is 230 g/mol. The summed E-state index contributed by atoms with van der Waals surface area (Å²) in [6.45, 7) is 5.32.